The molecule has 0 aliphatic carbocycles. The van der Waals surface area contributed by atoms with Crippen molar-refractivity contribution in [1.29, 1.82) is 0 Å². The molecule has 7 nitrogen and oxygen atoms in total. The van der Waals surface area contributed by atoms with Crippen LogP contribution in [0.5, 0.6) is 0 Å². The predicted molar refractivity (Wildman–Crippen MR) is 117 cm³/mol. The summed E-state index contributed by atoms with van der Waals surface area (Å²) in [7, 11) is 2.09. The number of likely N-dealkylation sites (N-methyl/N-ethyl adjacent to an activating group) is 1. The van der Waals surface area contributed by atoms with Crippen molar-refractivity contribution in [3.05, 3.63) is 66.4 Å². The van der Waals surface area contributed by atoms with Gasteiger partial charge in [0, 0.05) is 44.0 Å². The lowest BCUT2D eigenvalue weighted by Crippen LogP contribution is -2.47. The highest BCUT2D eigenvalue weighted by molar-refractivity contribution is 7.98. The smallest absolute Gasteiger partial charge is 0.254 e. The summed E-state index contributed by atoms with van der Waals surface area (Å²) in [6.45, 7) is 7.75. The largest absolute Gasteiger partial charge is 0.461 e. The van der Waals surface area contributed by atoms with E-state index in [1.165, 1.54) is 0 Å². The Bertz CT molecular complexity index is 1010. The molecular formula is C22H25N5O2S. The first-order chi connectivity index (χ1) is 14.7. The Hall–Kier alpha value is -2.84. The summed E-state index contributed by atoms with van der Waals surface area (Å²) < 4.78 is 7.46. The normalized spacial score (nSPS) is 14.8. The third-order valence-electron chi connectivity index (χ3n) is 5.17. The van der Waals surface area contributed by atoms with Crippen LogP contribution in [0, 0.1) is 0 Å². The molecule has 1 fully saturated rings. The molecule has 0 atom stereocenters. The Morgan fingerprint density at radius 1 is 1.17 bits per heavy atom. The average molecular weight is 424 g/mol. The SMILES string of the molecule is C=CCn1c(SCc2ccccc2C(=O)N2CCN(C)CC2)nnc1-c1ccco1. The van der Waals surface area contributed by atoms with Crippen molar-refractivity contribution in [1.82, 2.24) is 24.6 Å². The maximum absolute atomic E-state index is 13.1. The molecular weight excluding hydrogens is 398 g/mol. The maximum Gasteiger partial charge on any atom is 0.254 e. The van der Waals surface area contributed by atoms with Crippen molar-refractivity contribution < 1.29 is 9.21 Å². The minimum atomic E-state index is 0.100. The van der Waals surface area contributed by atoms with E-state index in [1.54, 1.807) is 18.0 Å². The Kier molecular flexibility index (Phi) is 6.35. The molecule has 0 N–H and O–H groups in total. The Morgan fingerprint density at radius 2 is 1.97 bits per heavy atom. The Labute approximate surface area is 180 Å². The molecule has 0 unspecified atom stereocenters. The highest BCUT2D eigenvalue weighted by Gasteiger charge is 2.23. The third-order valence-corrected chi connectivity index (χ3v) is 6.18. The van der Waals surface area contributed by atoms with Crippen LogP contribution < -0.4 is 0 Å². The predicted octanol–water partition coefficient (Wildman–Crippen LogP) is 3.40. The number of amides is 1. The van der Waals surface area contributed by atoms with Gasteiger partial charge in [-0.05, 0) is 30.8 Å². The molecule has 1 saturated heterocycles. The van der Waals surface area contributed by atoms with Gasteiger partial charge in [0.05, 0.1) is 6.26 Å². The van der Waals surface area contributed by atoms with E-state index in [1.807, 2.05) is 51.9 Å². The molecule has 156 valence electrons. The minimum absolute atomic E-state index is 0.100. The first-order valence-electron chi connectivity index (χ1n) is 9.94. The molecule has 0 saturated carbocycles. The fourth-order valence-corrected chi connectivity index (χ4v) is 4.41. The van der Waals surface area contributed by atoms with Crippen LogP contribution in [0.3, 0.4) is 0 Å². The lowest BCUT2D eigenvalue weighted by Gasteiger charge is -2.32. The third kappa shape index (κ3) is 4.34. The molecule has 1 aliphatic heterocycles. The summed E-state index contributed by atoms with van der Waals surface area (Å²) >= 11 is 1.56. The number of thioether (sulfide) groups is 1. The van der Waals surface area contributed by atoms with Gasteiger partial charge in [-0.1, -0.05) is 36.0 Å². The van der Waals surface area contributed by atoms with Gasteiger partial charge in [-0.2, -0.15) is 0 Å². The topological polar surface area (TPSA) is 67.4 Å². The molecule has 8 heteroatoms. The summed E-state index contributed by atoms with van der Waals surface area (Å²) in [4.78, 5) is 17.3. The number of aromatic nitrogens is 3. The zero-order valence-electron chi connectivity index (χ0n) is 17.0. The van der Waals surface area contributed by atoms with E-state index < -0.39 is 0 Å². The van der Waals surface area contributed by atoms with Crippen LogP contribution in [0.4, 0.5) is 0 Å². The molecule has 0 bridgehead atoms. The second kappa shape index (κ2) is 9.32. The van der Waals surface area contributed by atoms with E-state index in [2.05, 4.69) is 28.7 Å². The van der Waals surface area contributed by atoms with Gasteiger partial charge in [0.1, 0.15) is 0 Å². The zero-order valence-corrected chi connectivity index (χ0v) is 17.8. The van der Waals surface area contributed by atoms with Gasteiger partial charge in [-0.3, -0.25) is 9.36 Å². The van der Waals surface area contributed by atoms with Crippen LogP contribution >= 0.6 is 11.8 Å². The molecule has 4 rings (SSSR count). The molecule has 1 amide bonds. The number of furan rings is 1. The zero-order chi connectivity index (χ0) is 20.9. The summed E-state index contributed by atoms with van der Waals surface area (Å²) in [5.74, 6) is 2.07. The van der Waals surface area contributed by atoms with Gasteiger partial charge in [-0.15, -0.1) is 16.8 Å². The minimum Gasteiger partial charge on any atom is -0.461 e. The molecule has 3 aromatic rings. The monoisotopic (exact) mass is 423 g/mol. The van der Waals surface area contributed by atoms with Gasteiger partial charge in [-0.25, -0.2) is 0 Å². The number of carbonyl (C=O) groups is 1. The van der Waals surface area contributed by atoms with Crippen molar-refractivity contribution >= 4 is 17.7 Å². The molecule has 0 radical (unpaired) electrons. The number of allylic oxidation sites excluding steroid dienone is 1. The van der Waals surface area contributed by atoms with E-state index in [0.717, 1.165) is 42.5 Å². The van der Waals surface area contributed by atoms with Gasteiger partial charge >= 0.3 is 0 Å². The summed E-state index contributed by atoms with van der Waals surface area (Å²) in [5, 5.41) is 9.41. The maximum atomic E-state index is 13.1. The quantitative estimate of drug-likeness (QED) is 0.429. The van der Waals surface area contributed by atoms with Crippen LogP contribution in [0.2, 0.25) is 0 Å². The van der Waals surface area contributed by atoms with Crippen LogP contribution in [-0.2, 0) is 12.3 Å². The summed E-state index contributed by atoms with van der Waals surface area (Å²) in [6.07, 6.45) is 3.43. The lowest BCUT2D eigenvalue weighted by molar-refractivity contribution is 0.0663. The molecule has 2 aromatic heterocycles. The Morgan fingerprint density at radius 3 is 2.70 bits per heavy atom. The molecule has 3 heterocycles. The van der Waals surface area contributed by atoms with E-state index in [4.69, 9.17) is 4.42 Å². The van der Waals surface area contributed by atoms with Crippen LogP contribution in [-0.4, -0.2) is 63.7 Å². The van der Waals surface area contributed by atoms with Crippen molar-refractivity contribution in [3.63, 3.8) is 0 Å². The van der Waals surface area contributed by atoms with Crippen molar-refractivity contribution in [2.75, 3.05) is 33.2 Å². The number of benzene rings is 1. The number of hydrogen-bond acceptors (Lipinski definition) is 6. The molecule has 1 aromatic carbocycles. The number of hydrogen-bond donors (Lipinski definition) is 0. The highest BCUT2D eigenvalue weighted by atomic mass is 32.2. The van der Waals surface area contributed by atoms with Crippen molar-refractivity contribution in [3.8, 4) is 11.6 Å². The molecule has 1 aliphatic rings. The number of nitrogens with zero attached hydrogens (tertiary/aromatic N) is 5. The van der Waals surface area contributed by atoms with Crippen LogP contribution in [0.1, 0.15) is 15.9 Å². The first kappa shape index (κ1) is 20.4. The van der Waals surface area contributed by atoms with E-state index in [0.29, 0.717) is 23.9 Å². The number of piperazine rings is 1. The average Bonchev–Trinajstić information content (AvgIpc) is 3.43. The fraction of sp³-hybridized carbons (Fsp3) is 0.318. The van der Waals surface area contributed by atoms with Gasteiger partial charge in [0.2, 0.25) is 5.82 Å². The Balaban J connectivity index is 1.52. The second-order valence-corrected chi connectivity index (χ2v) is 8.17. The van der Waals surface area contributed by atoms with Crippen LogP contribution in [0.15, 0.2) is 64.9 Å². The number of carbonyl (C=O) groups excluding carboxylic acids is 1. The van der Waals surface area contributed by atoms with Gasteiger partial charge in [0.15, 0.2) is 10.9 Å². The molecule has 0 spiro atoms. The standard InChI is InChI=1S/C22H25N5O2S/c1-3-10-27-20(19-9-6-15-29-19)23-24-22(27)30-16-17-7-4-5-8-18(17)21(28)26-13-11-25(2)12-14-26/h3-9,15H,1,10-14,16H2,2H3. The van der Waals surface area contributed by atoms with E-state index in [-0.39, 0.29) is 5.91 Å². The van der Waals surface area contributed by atoms with Crippen LogP contribution in [0.25, 0.3) is 11.6 Å². The fourth-order valence-electron chi connectivity index (χ4n) is 3.45. The highest BCUT2D eigenvalue weighted by Crippen LogP contribution is 2.28. The summed E-state index contributed by atoms with van der Waals surface area (Å²) in [6, 6.07) is 11.5. The number of rotatable bonds is 7. The second-order valence-electron chi connectivity index (χ2n) is 7.22. The first-order valence-corrected chi connectivity index (χ1v) is 10.9. The van der Waals surface area contributed by atoms with Crippen molar-refractivity contribution in [2.24, 2.45) is 0 Å². The molecule has 30 heavy (non-hydrogen) atoms. The van der Waals surface area contributed by atoms with Gasteiger partial charge < -0.3 is 14.2 Å². The van der Waals surface area contributed by atoms with Crippen molar-refractivity contribution in [2.45, 2.75) is 17.5 Å². The van der Waals surface area contributed by atoms with E-state index >= 15 is 0 Å². The lowest BCUT2D eigenvalue weighted by atomic mass is 10.1. The van der Waals surface area contributed by atoms with Gasteiger partial charge in [0.25, 0.3) is 5.91 Å². The van der Waals surface area contributed by atoms with E-state index in [9.17, 15) is 4.79 Å². The summed E-state index contributed by atoms with van der Waals surface area (Å²) in [5.41, 5.74) is 1.76.